The summed E-state index contributed by atoms with van der Waals surface area (Å²) in [5.41, 5.74) is 1.73. The second kappa shape index (κ2) is 8.40. The molecule has 1 aliphatic rings. The second-order valence-corrected chi connectivity index (χ2v) is 10.3. The van der Waals surface area contributed by atoms with Gasteiger partial charge in [0.25, 0.3) is 5.91 Å². The summed E-state index contributed by atoms with van der Waals surface area (Å²) in [5, 5.41) is 0.669. The third-order valence-corrected chi connectivity index (χ3v) is 7.47. The van der Waals surface area contributed by atoms with Crippen LogP contribution in [0.15, 0.2) is 28.7 Å². The highest BCUT2D eigenvalue weighted by molar-refractivity contribution is 7.91. The Kier molecular flexibility index (Phi) is 6.29. The van der Waals surface area contributed by atoms with E-state index in [1.54, 1.807) is 30.0 Å². The van der Waals surface area contributed by atoms with Crippen molar-refractivity contribution in [2.75, 3.05) is 11.5 Å². The quantitative estimate of drug-likeness (QED) is 0.683. The molecule has 0 radical (unpaired) electrons. The maximum Gasteiger partial charge on any atom is 0.264 e. The Bertz CT molecular complexity index is 991. The molecular formula is C21H26ClNO5S. The van der Waals surface area contributed by atoms with Gasteiger partial charge in [-0.2, -0.15) is 0 Å². The highest BCUT2D eigenvalue weighted by atomic mass is 35.5. The third kappa shape index (κ3) is 5.14. The molecule has 2 heterocycles. The van der Waals surface area contributed by atoms with Gasteiger partial charge in [0.05, 0.1) is 18.1 Å². The Balaban J connectivity index is 1.81. The second-order valence-electron chi connectivity index (χ2n) is 7.67. The third-order valence-electron chi connectivity index (χ3n) is 5.13. The van der Waals surface area contributed by atoms with E-state index >= 15 is 0 Å². The van der Waals surface area contributed by atoms with Crippen molar-refractivity contribution in [3.63, 3.8) is 0 Å². The number of hydrogen-bond acceptors (Lipinski definition) is 5. The highest BCUT2D eigenvalue weighted by Crippen LogP contribution is 2.27. The number of aryl methyl sites for hydroxylation is 3. The minimum atomic E-state index is -3.14. The predicted octanol–water partition coefficient (Wildman–Crippen LogP) is 3.84. The molecule has 0 saturated carbocycles. The Morgan fingerprint density at radius 3 is 2.45 bits per heavy atom. The zero-order valence-electron chi connectivity index (χ0n) is 17.1. The minimum absolute atomic E-state index is 0.0374. The average molecular weight is 440 g/mol. The summed E-state index contributed by atoms with van der Waals surface area (Å²) in [6.07, 6.45) is -0.367. The Labute approximate surface area is 176 Å². The Morgan fingerprint density at radius 1 is 1.28 bits per heavy atom. The molecule has 29 heavy (non-hydrogen) atoms. The van der Waals surface area contributed by atoms with Gasteiger partial charge in [0.1, 0.15) is 17.3 Å². The minimum Gasteiger partial charge on any atom is -0.481 e. The first kappa shape index (κ1) is 21.7. The smallest absolute Gasteiger partial charge is 0.264 e. The number of benzene rings is 1. The van der Waals surface area contributed by atoms with Crippen LogP contribution < -0.4 is 4.74 Å². The van der Waals surface area contributed by atoms with E-state index in [1.807, 2.05) is 26.8 Å². The summed E-state index contributed by atoms with van der Waals surface area (Å²) in [4.78, 5) is 14.8. The van der Waals surface area contributed by atoms with Crippen molar-refractivity contribution in [3.8, 4) is 5.75 Å². The number of sulfone groups is 1. The molecule has 0 spiro atoms. The standard InChI is InChI=1S/C21H26ClNO5S/c1-13-9-19(10-14(2)20(13)22)28-16(4)21(24)23(11-18-6-5-15(3)27-18)17-7-8-29(25,26)12-17/h5-6,9-10,16-17H,7-8,11-12H2,1-4H3/t16-,17+/m1/s1. The SMILES string of the molecule is Cc1ccc(CN(C(=O)[C@@H](C)Oc2cc(C)c(Cl)c(C)c2)[C@H]2CCS(=O)(=O)C2)o1. The van der Waals surface area contributed by atoms with E-state index in [-0.39, 0.29) is 24.0 Å². The van der Waals surface area contributed by atoms with Crippen molar-refractivity contribution in [2.24, 2.45) is 0 Å². The van der Waals surface area contributed by atoms with Crippen molar-refractivity contribution in [1.29, 1.82) is 0 Å². The molecule has 0 N–H and O–H groups in total. The predicted molar refractivity (Wildman–Crippen MR) is 112 cm³/mol. The number of rotatable bonds is 6. The van der Waals surface area contributed by atoms with Crippen LogP contribution in [-0.2, 0) is 21.2 Å². The van der Waals surface area contributed by atoms with Crippen molar-refractivity contribution in [1.82, 2.24) is 4.90 Å². The van der Waals surface area contributed by atoms with Gasteiger partial charge in [0.15, 0.2) is 15.9 Å². The lowest BCUT2D eigenvalue weighted by Gasteiger charge is -2.30. The molecule has 6 nitrogen and oxygen atoms in total. The summed E-state index contributed by atoms with van der Waals surface area (Å²) in [5.74, 6) is 1.69. The average Bonchev–Trinajstić information content (AvgIpc) is 3.21. The van der Waals surface area contributed by atoms with E-state index in [9.17, 15) is 13.2 Å². The van der Waals surface area contributed by atoms with Crippen LogP contribution in [-0.4, -0.2) is 42.9 Å². The van der Waals surface area contributed by atoms with E-state index in [0.29, 0.717) is 23.0 Å². The fraction of sp³-hybridized carbons (Fsp3) is 0.476. The van der Waals surface area contributed by atoms with E-state index in [0.717, 1.165) is 16.9 Å². The van der Waals surface area contributed by atoms with Crippen LogP contribution in [0.25, 0.3) is 0 Å². The van der Waals surface area contributed by atoms with Gasteiger partial charge in [0.2, 0.25) is 0 Å². The molecule has 158 valence electrons. The van der Waals surface area contributed by atoms with Gasteiger partial charge >= 0.3 is 0 Å². The van der Waals surface area contributed by atoms with Crippen LogP contribution >= 0.6 is 11.6 Å². The maximum atomic E-state index is 13.2. The summed E-state index contributed by atoms with van der Waals surface area (Å²) in [6, 6.07) is 6.82. The summed E-state index contributed by atoms with van der Waals surface area (Å²) < 4.78 is 35.5. The molecule has 1 fully saturated rings. The number of carbonyl (C=O) groups is 1. The molecular weight excluding hydrogens is 414 g/mol. The summed E-state index contributed by atoms with van der Waals surface area (Å²) >= 11 is 6.21. The highest BCUT2D eigenvalue weighted by Gasteiger charge is 2.37. The van der Waals surface area contributed by atoms with Crippen LogP contribution in [0.3, 0.4) is 0 Å². The molecule has 1 amide bonds. The van der Waals surface area contributed by atoms with Crippen molar-refractivity contribution < 1.29 is 22.4 Å². The number of amides is 1. The molecule has 1 aliphatic heterocycles. The largest absolute Gasteiger partial charge is 0.481 e. The van der Waals surface area contributed by atoms with Gasteiger partial charge in [-0.05, 0) is 69.5 Å². The molecule has 1 aromatic heterocycles. The number of ether oxygens (including phenoxy) is 1. The molecule has 3 rings (SSSR count). The topological polar surface area (TPSA) is 76.8 Å². The van der Waals surface area contributed by atoms with Gasteiger partial charge in [-0.1, -0.05) is 11.6 Å². The zero-order chi connectivity index (χ0) is 21.3. The number of halogens is 1. The van der Waals surface area contributed by atoms with E-state index in [1.165, 1.54) is 0 Å². The van der Waals surface area contributed by atoms with Gasteiger partial charge in [-0.3, -0.25) is 4.79 Å². The zero-order valence-corrected chi connectivity index (χ0v) is 18.6. The number of nitrogens with zero attached hydrogens (tertiary/aromatic N) is 1. The van der Waals surface area contributed by atoms with Crippen LogP contribution in [0.5, 0.6) is 5.75 Å². The first-order chi connectivity index (χ1) is 13.6. The van der Waals surface area contributed by atoms with E-state index < -0.39 is 22.0 Å². The van der Waals surface area contributed by atoms with Crippen molar-refractivity contribution in [2.45, 2.75) is 52.8 Å². The first-order valence-corrected chi connectivity index (χ1v) is 11.8. The van der Waals surface area contributed by atoms with E-state index in [4.69, 9.17) is 20.8 Å². The Hall–Kier alpha value is -1.99. The van der Waals surface area contributed by atoms with Crippen molar-refractivity contribution >= 4 is 27.3 Å². The number of hydrogen-bond donors (Lipinski definition) is 0. The molecule has 2 atom stereocenters. The van der Waals surface area contributed by atoms with Crippen LogP contribution in [0.4, 0.5) is 0 Å². The molecule has 1 aromatic carbocycles. The molecule has 2 aromatic rings. The van der Waals surface area contributed by atoms with Gasteiger partial charge in [-0.15, -0.1) is 0 Å². The van der Waals surface area contributed by atoms with Crippen LogP contribution in [0.1, 0.15) is 36.0 Å². The fourth-order valence-corrected chi connectivity index (χ4v) is 5.45. The summed E-state index contributed by atoms with van der Waals surface area (Å²) in [7, 11) is -3.14. The number of furan rings is 1. The van der Waals surface area contributed by atoms with Gasteiger partial charge in [0, 0.05) is 11.1 Å². The molecule has 0 bridgehead atoms. The Morgan fingerprint density at radius 2 is 1.93 bits per heavy atom. The molecule has 1 saturated heterocycles. The van der Waals surface area contributed by atoms with Crippen molar-refractivity contribution in [3.05, 3.63) is 51.9 Å². The lowest BCUT2D eigenvalue weighted by molar-refractivity contribution is -0.141. The molecule has 0 aliphatic carbocycles. The lowest BCUT2D eigenvalue weighted by Crippen LogP contribution is -2.46. The molecule has 0 unspecified atom stereocenters. The van der Waals surface area contributed by atoms with E-state index in [2.05, 4.69) is 0 Å². The monoisotopic (exact) mass is 439 g/mol. The lowest BCUT2D eigenvalue weighted by atomic mass is 10.1. The normalized spacial score (nSPS) is 19.1. The fourth-order valence-electron chi connectivity index (χ4n) is 3.61. The van der Waals surface area contributed by atoms with Crippen LogP contribution in [0.2, 0.25) is 5.02 Å². The number of carbonyl (C=O) groups excluding carboxylic acids is 1. The van der Waals surface area contributed by atoms with Gasteiger partial charge in [-0.25, -0.2) is 8.42 Å². The molecule has 8 heteroatoms. The summed E-state index contributed by atoms with van der Waals surface area (Å²) in [6.45, 7) is 7.46. The van der Waals surface area contributed by atoms with Crippen LogP contribution in [0, 0.1) is 20.8 Å². The maximum absolute atomic E-state index is 13.2. The van der Waals surface area contributed by atoms with Gasteiger partial charge < -0.3 is 14.1 Å². The first-order valence-electron chi connectivity index (χ1n) is 9.55.